The fourth-order valence-corrected chi connectivity index (χ4v) is 2.46. The SMILES string of the molecule is CCOC(=O)C(C=Nc1ccc(F)cc1)C(=O)c1ccccc1Br. The van der Waals surface area contributed by atoms with Gasteiger partial charge in [0.25, 0.3) is 0 Å². The number of carbonyl (C=O) groups is 2. The largest absolute Gasteiger partial charge is 0.465 e. The van der Waals surface area contributed by atoms with Gasteiger partial charge in [-0.3, -0.25) is 14.6 Å². The third kappa shape index (κ3) is 4.58. The summed E-state index contributed by atoms with van der Waals surface area (Å²) in [6, 6.07) is 12.2. The Labute approximate surface area is 147 Å². The molecule has 0 N–H and O–H groups in total. The number of ketones is 1. The lowest BCUT2D eigenvalue weighted by Gasteiger charge is -2.11. The predicted octanol–water partition coefficient (Wildman–Crippen LogP) is 4.35. The van der Waals surface area contributed by atoms with Gasteiger partial charge in [0.2, 0.25) is 0 Å². The van der Waals surface area contributed by atoms with Gasteiger partial charge in [0.1, 0.15) is 5.82 Å². The number of carbonyl (C=O) groups excluding carboxylic acids is 2. The molecule has 124 valence electrons. The Bertz CT molecular complexity index is 759. The minimum absolute atomic E-state index is 0.156. The Kier molecular flexibility index (Phi) is 6.37. The first-order valence-electron chi connectivity index (χ1n) is 7.28. The molecule has 0 heterocycles. The van der Waals surface area contributed by atoms with E-state index in [1.807, 2.05) is 0 Å². The van der Waals surface area contributed by atoms with Crippen molar-refractivity contribution in [2.45, 2.75) is 6.92 Å². The van der Waals surface area contributed by atoms with E-state index < -0.39 is 17.7 Å². The maximum atomic E-state index is 12.9. The summed E-state index contributed by atoms with van der Waals surface area (Å²) >= 11 is 3.30. The molecule has 0 saturated heterocycles. The second-order valence-electron chi connectivity index (χ2n) is 4.83. The third-order valence-corrected chi connectivity index (χ3v) is 3.85. The smallest absolute Gasteiger partial charge is 0.322 e. The van der Waals surface area contributed by atoms with Crippen molar-refractivity contribution in [3.05, 3.63) is 64.4 Å². The van der Waals surface area contributed by atoms with Crippen molar-refractivity contribution in [2.24, 2.45) is 10.9 Å². The number of hydrogen-bond acceptors (Lipinski definition) is 4. The molecule has 4 nitrogen and oxygen atoms in total. The van der Waals surface area contributed by atoms with E-state index in [0.29, 0.717) is 15.7 Å². The maximum absolute atomic E-state index is 12.9. The summed E-state index contributed by atoms with van der Waals surface area (Å²) in [4.78, 5) is 28.9. The molecule has 2 aromatic rings. The maximum Gasteiger partial charge on any atom is 0.322 e. The molecular weight excluding hydrogens is 377 g/mol. The molecule has 0 radical (unpaired) electrons. The van der Waals surface area contributed by atoms with E-state index in [0.717, 1.165) is 0 Å². The number of nitrogens with zero attached hydrogens (tertiary/aromatic N) is 1. The number of aliphatic imine (C=N–C) groups is 1. The number of halogens is 2. The zero-order chi connectivity index (χ0) is 17.5. The highest BCUT2D eigenvalue weighted by molar-refractivity contribution is 9.10. The number of Topliss-reactive ketones (excluding diaryl/α,β-unsaturated/α-hetero) is 1. The minimum Gasteiger partial charge on any atom is -0.465 e. The lowest BCUT2D eigenvalue weighted by atomic mass is 9.98. The molecule has 0 saturated carbocycles. The molecular formula is C18H15BrFNO3. The van der Waals surface area contributed by atoms with Crippen LogP contribution >= 0.6 is 15.9 Å². The van der Waals surface area contributed by atoms with E-state index in [1.165, 1.54) is 30.5 Å². The number of esters is 1. The van der Waals surface area contributed by atoms with Crippen LogP contribution in [-0.2, 0) is 9.53 Å². The zero-order valence-corrected chi connectivity index (χ0v) is 14.5. The molecule has 24 heavy (non-hydrogen) atoms. The summed E-state index contributed by atoms with van der Waals surface area (Å²) in [5.74, 6) is -2.66. The molecule has 2 aromatic carbocycles. The standard InChI is InChI=1S/C18H15BrFNO3/c1-2-24-18(23)15(11-21-13-9-7-12(20)8-10-13)17(22)14-5-3-4-6-16(14)19/h3-11,15H,2H2,1H3. The molecule has 0 amide bonds. The quantitative estimate of drug-likeness (QED) is 0.318. The molecule has 0 aliphatic heterocycles. The van der Waals surface area contributed by atoms with E-state index in [4.69, 9.17) is 4.74 Å². The molecule has 0 bridgehead atoms. The first-order valence-corrected chi connectivity index (χ1v) is 8.07. The number of ether oxygens (including phenoxy) is 1. The highest BCUT2D eigenvalue weighted by Crippen LogP contribution is 2.21. The molecule has 0 aromatic heterocycles. The van der Waals surface area contributed by atoms with Crippen LogP contribution in [0, 0.1) is 11.7 Å². The van der Waals surface area contributed by atoms with Crippen LogP contribution in [0.2, 0.25) is 0 Å². The van der Waals surface area contributed by atoms with Gasteiger partial charge in [-0.25, -0.2) is 4.39 Å². The van der Waals surface area contributed by atoms with E-state index >= 15 is 0 Å². The van der Waals surface area contributed by atoms with Crippen LogP contribution in [0.25, 0.3) is 0 Å². The van der Waals surface area contributed by atoms with Crippen molar-refractivity contribution >= 4 is 39.6 Å². The van der Waals surface area contributed by atoms with Crippen LogP contribution in [-0.4, -0.2) is 24.6 Å². The van der Waals surface area contributed by atoms with Crippen molar-refractivity contribution in [1.82, 2.24) is 0 Å². The summed E-state index contributed by atoms with van der Waals surface area (Å²) in [6.07, 6.45) is 1.23. The molecule has 0 fully saturated rings. The van der Waals surface area contributed by atoms with Gasteiger partial charge in [-0.1, -0.05) is 34.1 Å². The second-order valence-corrected chi connectivity index (χ2v) is 5.68. The summed E-state index contributed by atoms with van der Waals surface area (Å²) in [6.45, 7) is 1.82. The molecule has 6 heteroatoms. The van der Waals surface area contributed by atoms with Crippen molar-refractivity contribution in [1.29, 1.82) is 0 Å². The van der Waals surface area contributed by atoms with Gasteiger partial charge in [-0.2, -0.15) is 0 Å². The van der Waals surface area contributed by atoms with Gasteiger partial charge in [0, 0.05) is 16.3 Å². The van der Waals surface area contributed by atoms with Crippen LogP contribution < -0.4 is 0 Å². The van der Waals surface area contributed by atoms with Gasteiger partial charge >= 0.3 is 5.97 Å². The summed E-state index contributed by atoms with van der Waals surface area (Å²) in [7, 11) is 0. The first kappa shape index (κ1) is 18.0. The Morgan fingerprint density at radius 2 is 1.88 bits per heavy atom. The Balaban J connectivity index is 2.31. The lowest BCUT2D eigenvalue weighted by molar-refractivity contribution is -0.143. The molecule has 0 aliphatic carbocycles. The van der Waals surface area contributed by atoms with Crippen molar-refractivity contribution in [2.75, 3.05) is 6.61 Å². The summed E-state index contributed by atoms with van der Waals surface area (Å²) in [5.41, 5.74) is 0.798. The molecule has 0 aliphatic rings. The van der Waals surface area contributed by atoms with E-state index in [-0.39, 0.29) is 12.4 Å². The summed E-state index contributed by atoms with van der Waals surface area (Å²) in [5, 5.41) is 0. The van der Waals surface area contributed by atoms with Gasteiger partial charge in [-0.05, 0) is 37.3 Å². The second kappa shape index (κ2) is 8.49. The number of hydrogen-bond donors (Lipinski definition) is 0. The van der Waals surface area contributed by atoms with E-state index in [1.54, 1.807) is 31.2 Å². The minimum atomic E-state index is -1.17. The monoisotopic (exact) mass is 391 g/mol. The van der Waals surface area contributed by atoms with Crippen LogP contribution in [0.4, 0.5) is 10.1 Å². The Morgan fingerprint density at radius 1 is 1.21 bits per heavy atom. The Hall–Kier alpha value is -2.34. The van der Waals surface area contributed by atoms with Gasteiger partial charge in [0.15, 0.2) is 11.7 Å². The molecule has 2 rings (SSSR count). The zero-order valence-electron chi connectivity index (χ0n) is 12.9. The molecule has 1 atom stereocenters. The summed E-state index contributed by atoms with van der Waals surface area (Å²) < 4.78 is 18.5. The van der Waals surface area contributed by atoms with Crippen LogP contribution in [0.1, 0.15) is 17.3 Å². The molecule has 0 spiro atoms. The predicted molar refractivity (Wildman–Crippen MR) is 93.1 cm³/mol. The fraction of sp³-hybridized carbons (Fsp3) is 0.167. The van der Waals surface area contributed by atoms with Crippen molar-refractivity contribution in [3.63, 3.8) is 0 Å². The van der Waals surface area contributed by atoms with Crippen molar-refractivity contribution < 1.29 is 18.7 Å². The van der Waals surface area contributed by atoms with Gasteiger partial charge in [-0.15, -0.1) is 0 Å². The topological polar surface area (TPSA) is 55.7 Å². The lowest BCUT2D eigenvalue weighted by Crippen LogP contribution is -2.28. The van der Waals surface area contributed by atoms with Gasteiger partial charge in [0.05, 0.1) is 12.3 Å². The highest BCUT2D eigenvalue weighted by Gasteiger charge is 2.28. The molecule has 1 unspecified atom stereocenters. The van der Waals surface area contributed by atoms with Crippen LogP contribution in [0.5, 0.6) is 0 Å². The highest BCUT2D eigenvalue weighted by atomic mass is 79.9. The fourth-order valence-electron chi connectivity index (χ4n) is 1.98. The number of rotatable bonds is 6. The van der Waals surface area contributed by atoms with Crippen molar-refractivity contribution in [3.8, 4) is 0 Å². The normalized spacial score (nSPS) is 12.1. The van der Waals surface area contributed by atoms with E-state index in [9.17, 15) is 14.0 Å². The average molecular weight is 392 g/mol. The Morgan fingerprint density at radius 3 is 2.50 bits per heavy atom. The van der Waals surface area contributed by atoms with Crippen LogP contribution in [0.3, 0.4) is 0 Å². The van der Waals surface area contributed by atoms with Gasteiger partial charge < -0.3 is 4.74 Å². The van der Waals surface area contributed by atoms with Crippen LogP contribution in [0.15, 0.2) is 58.0 Å². The average Bonchev–Trinajstić information content (AvgIpc) is 2.57. The third-order valence-electron chi connectivity index (χ3n) is 3.16. The first-order chi connectivity index (χ1) is 11.5. The van der Waals surface area contributed by atoms with E-state index in [2.05, 4.69) is 20.9 Å². The number of benzene rings is 2.